The van der Waals surface area contributed by atoms with Crippen LogP contribution in [0.25, 0.3) is 10.9 Å². The van der Waals surface area contributed by atoms with Gasteiger partial charge in [0.05, 0.1) is 16.8 Å². The zero-order chi connectivity index (χ0) is 18.0. The molecule has 2 aromatic rings. The van der Waals surface area contributed by atoms with Gasteiger partial charge in [0.25, 0.3) is 5.91 Å². The summed E-state index contributed by atoms with van der Waals surface area (Å²) >= 11 is 3.69. The highest BCUT2D eigenvalue weighted by molar-refractivity contribution is 9.10. The highest BCUT2D eigenvalue weighted by atomic mass is 79.9. The summed E-state index contributed by atoms with van der Waals surface area (Å²) in [5, 5.41) is 5.96. The van der Waals surface area contributed by atoms with E-state index in [0.29, 0.717) is 12.0 Å². The topological polar surface area (TPSA) is 41.4 Å². The second-order valence-electron chi connectivity index (χ2n) is 8.26. The molecule has 2 bridgehead atoms. The van der Waals surface area contributed by atoms with Crippen molar-refractivity contribution in [3.05, 3.63) is 27.9 Å². The molecule has 26 heavy (non-hydrogen) atoms. The van der Waals surface area contributed by atoms with Gasteiger partial charge in [-0.2, -0.15) is 5.10 Å². The number of rotatable bonds is 2. The largest absolute Gasteiger partial charge is 0.334 e. The number of hydrogen-bond donors (Lipinski definition) is 0. The normalized spacial score (nSPS) is 28.2. The van der Waals surface area contributed by atoms with E-state index in [1.807, 2.05) is 12.1 Å². The number of fused-ring (bicyclic) bond motifs is 3. The summed E-state index contributed by atoms with van der Waals surface area (Å²) < 4.78 is 3.09. The van der Waals surface area contributed by atoms with Gasteiger partial charge in [0.15, 0.2) is 0 Å². The molecular weight excluding hydrogens is 392 g/mol. The van der Waals surface area contributed by atoms with E-state index in [2.05, 4.69) is 44.3 Å². The minimum absolute atomic E-state index is 0.198. The van der Waals surface area contributed by atoms with Crippen LogP contribution in [0, 0.1) is 5.92 Å². The van der Waals surface area contributed by atoms with Crippen molar-refractivity contribution in [2.24, 2.45) is 5.92 Å². The van der Waals surface area contributed by atoms with Gasteiger partial charge in [0, 0.05) is 41.5 Å². The van der Waals surface area contributed by atoms with Crippen LogP contribution in [0.3, 0.4) is 0 Å². The Morgan fingerprint density at radius 3 is 2.62 bits per heavy atom. The highest BCUT2D eigenvalue weighted by Crippen LogP contribution is 2.37. The lowest BCUT2D eigenvalue weighted by atomic mass is 9.83. The fraction of sp³-hybridized carbons (Fsp3) is 0.600. The van der Waals surface area contributed by atoms with Crippen LogP contribution in [0.5, 0.6) is 0 Å². The van der Waals surface area contributed by atoms with E-state index >= 15 is 0 Å². The smallest absolute Gasteiger partial charge is 0.254 e. The molecule has 3 fully saturated rings. The van der Waals surface area contributed by atoms with Crippen molar-refractivity contribution in [2.45, 2.75) is 45.2 Å². The predicted molar refractivity (Wildman–Crippen MR) is 106 cm³/mol. The summed E-state index contributed by atoms with van der Waals surface area (Å²) in [4.78, 5) is 18.2. The first-order chi connectivity index (χ1) is 12.5. The molecule has 1 amide bonds. The zero-order valence-electron chi connectivity index (χ0n) is 15.4. The summed E-state index contributed by atoms with van der Waals surface area (Å²) in [7, 11) is 0. The first-order valence-electron chi connectivity index (χ1n) is 9.77. The van der Waals surface area contributed by atoms with E-state index in [9.17, 15) is 4.79 Å². The Morgan fingerprint density at radius 1 is 1.19 bits per heavy atom. The number of carbonyl (C=O) groups is 1. The van der Waals surface area contributed by atoms with Gasteiger partial charge in [-0.3, -0.25) is 9.48 Å². The Hall–Kier alpha value is -1.40. The molecule has 1 aromatic heterocycles. The number of piperidine rings is 3. The maximum atomic E-state index is 13.5. The van der Waals surface area contributed by atoms with E-state index in [1.54, 1.807) is 0 Å². The molecule has 0 aliphatic carbocycles. The van der Waals surface area contributed by atoms with Crippen LogP contribution in [-0.4, -0.2) is 57.7 Å². The fourth-order valence-electron chi connectivity index (χ4n) is 5.12. The number of hydrogen-bond acceptors (Lipinski definition) is 3. The van der Waals surface area contributed by atoms with Gasteiger partial charge >= 0.3 is 0 Å². The van der Waals surface area contributed by atoms with Crippen LogP contribution in [0.4, 0.5) is 0 Å². The van der Waals surface area contributed by atoms with Crippen molar-refractivity contribution in [1.29, 1.82) is 0 Å². The van der Waals surface area contributed by atoms with Gasteiger partial charge in [0.1, 0.15) is 0 Å². The van der Waals surface area contributed by atoms with E-state index in [-0.39, 0.29) is 11.9 Å². The summed E-state index contributed by atoms with van der Waals surface area (Å²) in [5.41, 5.74) is 2.97. The third kappa shape index (κ3) is 2.38. The van der Waals surface area contributed by atoms with Crippen LogP contribution in [0.1, 0.15) is 48.8 Å². The number of carbonyl (C=O) groups excluding carboxylic acids is 1. The fourth-order valence-corrected chi connectivity index (χ4v) is 5.64. The second kappa shape index (κ2) is 6.06. The van der Waals surface area contributed by atoms with Crippen molar-refractivity contribution in [3.8, 4) is 0 Å². The minimum atomic E-state index is 0.198. The molecule has 4 aliphatic heterocycles. The van der Waals surface area contributed by atoms with Crippen LogP contribution < -0.4 is 0 Å². The predicted octanol–water partition coefficient (Wildman–Crippen LogP) is 3.47. The Balaban J connectivity index is 1.61. The first kappa shape index (κ1) is 16.8. The highest BCUT2D eigenvalue weighted by Gasteiger charge is 2.41. The number of amides is 1. The van der Waals surface area contributed by atoms with Crippen molar-refractivity contribution in [2.75, 3.05) is 26.2 Å². The van der Waals surface area contributed by atoms with Crippen molar-refractivity contribution in [1.82, 2.24) is 19.6 Å². The third-order valence-electron chi connectivity index (χ3n) is 6.47. The maximum absolute atomic E-state index is 13.5. The Labute approximate surface area is 162 Å². The average molecular weight is 417 g/mol. The molecule has 1 atom stereocenters. The lowest BCUT2D eigenvalue weighted by Crippen LogP contribution is -2.58. The Morgan fingerprint density at radius 2 is 1.96 bits per heavy atom. The van der Waals surface area contributed by atoms with Crippen LogP contribution in [0.2, 0.25) is 0 Å². The van der Waals surface area contributed by atoms with Gasteiger partial charge in [-0.15, -0.1) is 0 Å². The van der Waals surface area contributed by atoms with E-state index in [1.165, 1.54) is 25.9 Å². The maximum Gasteiger partial charge on any atom is 0.254 e. The molecule has 5 nitrogen and oxygen atoms in total. The van der Waals surface area contributed by atoms with Crippen LogP contribution in [-0.2, 0) is 6.42 Å². The molecular formula is C20H25BrN4O. The van der Waals surface area contributed by atoms with Gasteiger partial charge in [-0.1, -0.05) is 0 Å². The van der Waals surface area contributed by atoms with E-state index < -0.39 is 0 Å². The molecule has 6 heteroatoms. The van der Waals surface area contributed by atoms with Crippen LogP contribution in [0.15, 0.2) is 16.6 Å². The standard InChI is InChI=1S/C20H25BrN4O/c1-12(2)25-19-15(21)4-3-14-18(19)16(22-25)7-10-24(20(14)26)17-11-23-8-5-13(17)6-9-23/h3-4,12-13,17H,5-11H2,1-2H3/t17-/m1/s1. The van der Waals surface area contributed by atoms with Crippen molar-refractivity contribution < 1.29 is 4.79 Å². The van der Waals surface area contributed by atoms with Gasteiger partial charge < -0.3 is 9.80 Å². The third-order valence-corrected chi connectivity index (χ3v) is 7.11. The lowest BCUT2D eigenvalue weighted by molar-refractivity contribution is 0.00819. The second-order valence-corrected chi connectivity index (χ2v) is 9.11. The molecule has 0 radical (unpaired) electrons. The number of aromatic nitrogens is 2. The van der Waals surface area contributed by atoms with Crippen LogP contribution >= 0.6 is 15.9 Å². The van der Waals surface area contributed by atoms with E-state index in [0.717, 1.165) is 46.1 Å². The quantitative estimate of drug-likeness (QED) is 0.752. The molecule has 138 valence electrons. The molecule has 5 heterocycles. The summed E-state index contributed by atoms with van der Waals surface area (Å²) in [5.74, 6) is 0.860. The first-order valence-corrected chi connectivity index (χ1v) is 10.6. The minimum Gasteiger partial charge on any atom is -0.334 e. The van der Waals surface area contributed by atoms with Gasteiger partial charge in [-0.25, -0.2) is 0 Å². The lowest BCUT2D eigenvalue weighted by Gasteiger charge is -2.49. The molecule has 0 N–H and O–H groups in total. The Kier molecular flexibility index (Phi) is 3.90. The van der Waals surface area contributed by atoms with E-state index in [4.69, 9.17) is 5.10 Å². The molecule has 0 unspecified atom stereocenters. The Bertz CT molecular complexity index is 882. The number of benzene rings is 1. The monoisotopic (exact) mass is 416 g/mol. The number of nitrogens with zero attached hydrogens (tertiary/aromatic N) is 4. The molecule has 6 rings (SSSR count). The molecule has 0 spiro atoms. The molecule has 1 aromatic carbocycles. The summed E-state index contributed by atoms with van der Waals surface area (Å²) in [6.07, 6.45) is 3.30. The van der Waals surface area contributed by atoms with Crippen molar-refractivity contribution >= 4 is 32.7 Å². The molecule has 0 saturated carbocycles. The van der Waals surface area contributed by atoms with Crippen molar-refractivity contribution in [3.63, 3.8) is 0 Å². The number of halogens is 1. The SMILES string of the molecule is CC(C)n1nc2c3c(ccc(Br)c31)C(=O)N([C@@H]1CN3CCC1CC3)CC2. The van der Waals surface area contributed by atoms with Gasteiger partial charge in [0.2, 0.25) is 0 Å². The zero-order valence-corrected chi connectivity index (χ0v) is 17.0. The average Bonchev–Trinajstić information content (AvgIpc) is 2.98. The molecule has 3 saturated heterocycles. The summed E-state index contributed by atoms with van der Waals surface area (Å²) in [6, 6.07) is 4.64. The summed E-state index contributed by atoms with van der Waals surface area (Å²) in [6.45, 7) is 8.51. The van der Waals surface area contributed by atoms with Gasteiger partial charge in [-0.05, 0) is 73.8 Å². The molecule has 4 aliphatic rings.